The lowest BCUT2D eigenvalue weighted by atomic mass is 9.97. The van der Waals surface area contributed by atoms with E-state index < -0.39 is 5.92 Å². The van der Waals surface area contributed by atoms with E-state index >= 15 is 0 Å². The van der Waals surface area contributed by atoms with Crippen molar-refractivity contribution in [3.05, 3.63) is 35.9 Å². The molecule has 0 N–H and O–H groups in total. The highest BCUT2D eigenvalue weighted by molar-refractivity contribution is 5.86. The molecule has 1 fully saturated rings. The largest absolute Gasteiger partial charge is 0.376 e. The summed E-state index contributed by atoms with van der Waals surface area (Å²) in [6, 6.07) is 11.4. The van der Waals surface area contributed by atoms with Crippen LogP contribution in [0.25, 0.3) is 0 Å². The Labute approximate surface area is 126 Å². The molecule has 1 aliphatic rings. The average molecular weight is 286 g/mol. The van der Waals surface area contributed by atoms with Gasteiger partial charge in [0.05, 0.1) is 12.2 Å². The lowest BCUT2D eigenvalue weighted by Crippen LogP contribution is -2.45. The van der Waals surface area contributed by atoms with Crippen molar-refractivity contribution in [3.8, 4) is 6.07 Å². The van der Waals surface area contributed by atoms with Crippen LogP contribution < -0.4 is 0 Å². The highest BCUT2D eigenvalue weighted by Crippen LogP contribution is 2.21. The molecule has 4 nitrogen and oxygen atoms in total. The van der Waals surface area contributed by atoms with E-state index in [1.54, 1.807) is 4.90 Å². The van der Waals surface area contributed by atoms with Gasteiger partial charge in [0, 0.05) is 19.7 Å². The number of amides is 1. The van der Waals surface area contributed by atoms with Gasteiger partial charge in [0.1, 0.15) is 5.92 Å². The van der Waals surface area contributed by atoms with Crippen molar-refractivity contribution in [1.29, 1.82) is 5.26 Å². The summed E-state index contributed by atoms with van der Waals surface area (Å²) in [5.74, 6) is -0.815. The number of carbonyl (C=O) groups is 1. The molecule has 1 heterocycles. The highest BCUT2D eigenvalue weighted by atomic mass is 16.5. The van der Waals surface area contributed by atoms with Gasteiger partial charge in [-0.1, -0.05) is 37.3 Å². The van der Waals surface area contributed by atoms with Crippen LogP contribution in [0.4, 0.5) is 0 Å². The van der Waals surface area contributed by atoms with Gasteiger partial charge in [0.15, 0.2) is 0 Å². The van der Waals surface area contributed by atoms with Gasteiger partial charge in [-0.25, -0.2) is 0 Å². The lowest BCUT2D eigenvalue weighted by Gasteiger charge is -2.33. The van der Waals surface area contributed by atoms with Crippen molar-refractivity contribution >= 4 is 5.91 Å². The molecule has 0 bridgehead atoms. The minimum absolute atomic E-state index is 0.103. The van der Waals surface area contributed by atoms with Crippen LogP contribution in [-0.4, -0.2) is 36.6 Å². The standard InChI is InChI=1S/C17H22N2O2/c1-2-11-21-15-9-6-10-19(13-15)17(20)16(12-18)14-7-4-3-5-8-14/h3-5,7-8,15-16H,2,6,9-11,13H2,1H3. The zero-order valence-electron chi connectivity index (χ0n) is 12.5. The average Bonchev–Trinajstić information content (AvgIpc) is 2.55. The smallest absolute Gasteiger partial charge is 0.244 e. The predicted molar refractivity (Wildman–Crippen MR) is 80.6 cm³/mol. The fourth-order valence-electron chi connectivity index (χ4n) is 2.66. The molecule has 112 valence electrons. The monoisotopic (exact) mass is 286 g/mol. The summed E-state index contributed by atoms with van der Waals surface area (Å²) in [5, 5.41) is 9.36. The summed E-state index contributed by atoms with van der Waals surface area (Å²) in [4.78, 5) is 14.4. The van der Waals surface area contributed by atoms with Crippen molar-refractivity contribution in [1.82, 2.24) is 4.90 Å². The molecule has 1 aromatic carbocycles. The molecule has 1 aromatic rings. The van der Waals surface area contributed by atoms with Crippen LogP contribution in [-0.2, 0) is 9.53 Å². The predicted octanol–water partition coefficient (Wildman–Crippen LogP) is 2.71. The summed E-state index contributed by atoms with van der Waals surface area (Å²) in [7, 11) is 0. The lowest BCUT2D eigenvalue weighted by molar-refractivity contribution is -0.135. The van der Waals surface area contributed by atoms with E-state index in [2.05, 4.69) is 13.0 Å². The van der Waals surface area contributed by atoms with E-state index in [1.807, 2.05) is 30.3 Å². The quantitative estimate of drug-likeness (QED) is 0.836. The van der Waals surface area contributed by atoms with Crippen molar-refractivity contribution in [2.75, 3.05) is 19.7 Å². The van der Waals surface area contributed by atoms with Crippen LogP contribution in [0.2, 0.25) is 0 Å². The molecule has 1 saturated heterocycles. The van der Waals surface area contributed by atoms with Crippen LogP contribution >= 0.6 is 0 Å². The third kappa shape index (κ3) is 4.05. The zero-order valence-corrected chi connectivity index (χ0v) is 12.5. The third-order valence-electron chi connectivity index (χ3n) is 3.76. The molecule has 0 aromatic heterocycles. The van der Waals surface area contributed by atoms with Crippen molar-refractivity contribution in [2.24, 2.45) is 0 Å². The van der Waals surface area contributed by atoms with Crippen molar-refractivity contribution in [2.45, 2.75) is 38.2 Å². The summed E-state index contributed by atoms with van der Waals surface area (Å²) in [5.41, 5.74) is 0.765. The molecule has 1 amide bonds. The van der Waals surface area contributed by atoms with Gasteiger partial charge in [-0.2, -0.15) is 5.26 Å². The summed E-state index contributed by atoms with van der Waals surface area (Å²) in [6.07, 6.45) is 3.02. The first-order valence-corrected chi connectivity index (χ1v) is 7.61. The first kappa shape index (κ1) is 15.5. The Morgan fingerprint density at radius 2 is 2.24 bits per heavy atom. The molecule has 4 heteroatoms. The Kier molecular flexibility index (Phi) is 5.77. The van der Waals surface area contributed by atoms with Gasteiger partial charge in [-0.15, -0.1) is 0 Å². The molecule has 21 heavy (non-hydrogen) atoms. The maximum atomic E-state index is 12.6. The number of benzene rings is 1. The van der Waals surface area contributed by atoms with Crippen LogP contribution in [0.15, 0.2) is 30.3 Å². The Morgan fingerprint density at radius 1 is 1.48 bits per heavy atom. The molecular formula is C17H22N2O2. The summed E-state index contributed by atoms with van der Waals surface area (Å²) < 4.78 is 5.75. The minimum atomic E-state index is -0.712. The molecule has 0 saturated carbocycles. The number of hydrogen-bond donors (Lipinski definition) is 0. The Morgan fingerprint density at radius 3 is 2.90 bits per heavy atom. The molecule has 0 radical (unpaired) electrons. The number of nitriles is 1. The molecular weight excluding hydrogens is 264 g/mol. The zero-order chi connectivity index (χ0) is 15.1. The van der Waals surface area contributed by atoms with Gasteiger partial charge in [0.25, 0.3) is 0 Å². The molecule has 0 aliphatic carbocycles. The van der Waals surface area contributed by atoms with Crippen molar-refractivity contribution < 1.29 is 9.53 Å². The van der Waals surface area contributed by atoms with Gasteiger partial charge < -0.3 is 9.64 Å². The van der Waals surface area contributed by atoms with E-state index in [0.29, 0.717) is 6.54 Å². The van der Waals surface area contributed by atoms with Gasteiger partial charge in [0.2, 0.25) is 5.91 Å². The SMILES string of the molecule is CCCOC1CCCN(C(=O)C(C#N)c2ccccc2)C1. The Bertz CT molecular complexity index is 495. The second-order valence-electron chi connectivity index (χ2n) is 5.39. The first-order chi connectivity index (χ1) is 10.3. The number of hydrogen-bond acceptors (Lipinski definition) is 3. The van der Waals surface area contributed by atoms with Crippen molar-refractivity contribution in [3.63, 3.8) is 0 Å². The topological polar surface area (TPSA) is 53.3 Å². The normalized spacial score (nSPS) is 19.8. The van der Waals surface area contributed by atoms with E-state index in [-0.39, 0.29) is 12.0 Å². The maximum Gasteiger partial charge on any atom is 0.244 e. The summed E-state index contributed by atoms with van der Waals surface area (Å²) >= 11 is 0. The Hall–Kier alpha value is -1.86. The molecule has 2 unspecified atom stereocenters. The van der Waals surface area contributed by atoms with E-state index in [1.165, 1.54) is 0 Å². The van der Waals surface area contributed by atoms with Crippen LogP contribution in [0.1, 0.15) is 37.7 Å². The number of rotatable bonds is 5. The fraction of sp³-hybridized carbons (Fsp3) is 0.529. The second-order valence-corrected chi connectivity index (χ2v) is 5.39. The molecule has 2 atom stereocenters. The summed E-state index contributed by atoms with van der Waals surface area (Å²) in [6.45, 7) is 4.12. The number of ether oxygens (including phenoxy) is 1. The fourth-order valence-corrected chi connectivity index (χ4v) is 2.66. The van der Waals surface area contributed by atoms with Crippen LogP contribution in [0.5, 0.6) is 0 Å². The molecule has 1 aliphatic heterocycles. The van der Waals surface area contributed by atoms with E-state index in [4.69, 9.17) is 4.74 Å². The number of carbonyl (C=O) groups excluding carboxylic acids is 1. The van der Waals surface area contributed by atoms with E-state index in [0.717, 1.165) is 38.0 Å². The molecule has 0 spiro atoms. The van der Waals surface area contributed by atoms with Gasteiger partial charge in [-0.3, -0.25) is 4.79 Å². The minimum Gasteiger partial charge on any atom is -0.376 e. The maximum absolute atomic E-state index is 12.6. The van der Waals surface area contributed by atoms with Gasteiger partial charge >= 0.3 is 0 Å². The third-order valence-corrected chi connectivity index (χ3v) is 3.76. The highest BCUT2D eigenvalue weighted by Gasteiger charge is 2.30. The number of likely N-dealkylation sites (tertiary alicyclic amines) is 1. The van der Waals surface area contributed by atoms with Gasteiger partial charge in [-0.05, 0) is 24.8 Å². The Balaban J connectivity index is 2.02. The second kappa shape index (κ2) is 7.80. The molecule has 2 rings (SSSR count). The first-order valence-electron chi connectivity index (χ1n) is 7.61. The number of nitrogens with zero attached hydrogens (tertiary/aromatic N) is 2. The van der Waals surface area contributed by atoms with Crippen LogP contribution in [0.3, 0.4) is 0 Å². The number of piperidine rings is 1. The van der Waals surface area contributed by atoms with Crippen LogP contribution in [0, 0.1) is 11.3 Å². The van der Waals surface area contributed by atoms with E-state index in [9.17, 15) is 10.1 Å².